The number of benzene rings is 2. The van der Waals surface area contributed by atoms with E-state index in [0.29, 0.717) is 17.3 Å². The molecule has 1 heterocycles. The number of rotatable bonds is 2. The van der Waals surface area contributed by atoms with Gasteiger partial charge in [0.15, 0.2) is 6.73 Å². The first kappa shape index (κ1) is 12.8. The second-order valence-corrected chi connectivity index (χ2v) is 4.79. The fourth-order valence-corrected chi connectivity index (χ4v) is 2.26. The summed E-state index contributed by atoms with van der Waals surface area (Å²) < 4.78 is 10.3. The molecule has 0 aromatic heterocycles. The van der Waals surface area contributed by atoms with E-state index in [1.807, 2.05) is 29.2 Å². The molecular formula is C15H12ClNO3. The van der Waals surface area contributed by atoms with Gasteiger partial charge in [0.1, 0.15) is 5.75 Å². The lowest BCUT2D eigenvalue weighted by molar-refractivity contribution is 0.0601. The van der Waals surface area contributed by atoms with E-state index in [1.165, 1.54) is 7.11 Å². The van der Waals surface area contributed by atoms with Crippen LogP contribution in [0.1, 0.15) is 10.4 Å². The molecule has 0 N–H and O–H groups in total. The number of hydrogen-bond donors (Lipinski definition) is 0. The Morgan fingerprint density at radius 2 is 2.00 bits per heavy atom. The van der Waals surface area contributed by atoms with Gasteiger partial charge in [-0.15, -0.1) is 0 Å². The van der Waals surface area contributed by atoms with Crippen LogP contribution in [0.25, 0.3) is 0 Å². The molecule has 0 atom stereocenters. The predicted octanol–water partition coefficient (Wildman–Crippen LogP) is 3.61. The molecule has 0 bridgehead atoms. The number of halogens is 1. The summed E-state index contributed by atoms with van der Waals surface area (Å²) in [7, 11) is 1.36. The van der Waals surface area contributed by atoms with Crippen molar-refractivity contribution in [3.05, 3.63) is 53.1 Å². The van der Waals surface area contributed by atoms with Crippen molar-refractivity contribution >= 4 is 28.9 Å². The van der Waals surface area contributed by atoms with Crippen molar-refractivity contribution in [1.29, 1.82) is 0 Å². The summed E-state index contributed by atoms with van der Waals surface area (Å²) in [6.45, 7) is 0.404. The third kappa shape index (κ3) is 2.18. The van der Waals surface area contributed by atoms with Gasteiger partial charge in [0.05, 0.1) is 18.4 Å². The molecule has 0 fully saturated rings. The van der Waals surface area contributed by atoms with Crippen molar-refractivity contribution in [1.82, 2.24) is 0 Å². The molecule has 2 aromatic rings. The maximum atomic E-state index is 11.6. The van der Waals surface area contributed by atoms with Gasteiger partial charge < -0.3 is 14.4 Å². The second-order valence-electron chi connectivity index (χ2n) is 4.35. The molecule has 4 nitrogen and oxygen atoms in total. The average Bonchev–Trinajstić information content (AvgIpc) is 2.90. The van der Waals surface area contributed by atoms with E-state index in [9.17, 15) is 4.79 Å². The highest BCUT2D eigenvalue weighted by molar-refractivity contribution is 6.30. The van der Waals surface area contributed by atoms with Crippen molar-refractivity contribution in [2.24, 2.45) is 0 Å². The minimum absolute atomic E-state index is 0.365. The second kappa shape index (κ2) is 5.06. The number of carbonyl (C=O) groups is 1. The summed E-state index contributed by atoms with van der Waals surface area (Å²) in [6.07, 6.45) is 0. The minimum atomic E-state index is -0.365. The number of anilines is 2. The number of fused-ring (bicyclic) bond motifs is 1. The van der Waals surface area contributed by atoms with Gasteiger partial charge in [-0.2, -0.15) is 0 Å². The molecule has 0 saturated carbocycles. The minimum Gasteiger partial charge on any atom is -0.471 e. The van der Waals surface area contributed by atoms with Crippen LogP contribution in [-0.2, 0) is 4.74 Å². The third-order valence-electron chi connectivity index (χ3n) is 3.16. The molecule has 1 aliphatic rings. The van der Waals surface area contributed by atoms with Crippen LogP contribution in [0, 0.1) is 0 Å². The molecule has 2 aromatic carbocycles. The van der Waals surface area contributed by atoms with Crippen molar-refractivity contribution in [2.75, 3.05) is 18.7 Å². The quantitative estimate of drug-likeness (QED) is 0.792. The zero-order valence-corrected chi connectivity index (χ0v) is 11.6. The topological polar surface area (TPSA) is 38.8 Å². The molecule has 5 heteroatoms. The van der Waals surface area contributed by atoms with Crippen LogP contribution in [0.5, 0.6) is 5.75 Å². The first-order valence-corrected chi connectivity index (χ1v) is 6.45. The molecule has 0 amide bonds. The highest BCUT2D eigenvalue weighted by atomic mass is 35.5. The first-order valence-electron chi connectivity index (χ1n) is 6.07. The van der Waals surface area contributed by atoms with Gasteiger partial charge in [0.25, 0.3) is 0 Å². The Kier molecular flexibility index (Phi) is 3.24. The molecule has 102 valence electrons. The fraction of sp³-hybridized carbons (Fsp3) is 0.133. The summed E-state index contributed by atoms with van der Waals surface area (Å²) >= 11 is 5.89. The maximum Gasteiger partial charge on any atom is 0.337 e. The van der Waals surface area contributed by atoms with Crippen LogP contribution in [0.3, 0.4) is 0 Å². The standard InChI is InChI=1S/C15H12ClNO3/c1-19-15(18)10-2-7-14-13(8-10)17(9-20-14)12-5-3-11(16)4-6-12/h2-8H,9H2,1H3. The lowest BCUT2D eigenvalue weighted by Crippen LogP contribution is -2.15. The SMILES string of the molecule is COC(=O)c1ccc2c(c1)N(c1ccc(Cl)cc1)CO2. The molecule has 0 aliphatic carbocycles. The molecule has 0 spiro atoms. The highest BCUT2D eigenvalue weighted by Gasteiger charge is 2.23. The summed E-state index contributed by atoms with van der Waals surface area (Å²) in [5.41, 5.74) is 2.29. The first-order chi connectivity index (χ1) is 9.69. The maximum absolute atomic E-state index is 11.6. The van der Waals surface area contributed by atoms with Crippen molar-refractivity contribution in [3.63, 3.8) is 0 Å². The zero-order valence-electron chi connectivity index (χ0n) is 10.8. The molecule has 0 saturated heterocycles. The van der Waals surface area contributed by atoms with Gasteiger partial charge in [-0.05, 0) is 42.5 Å². The van der Waals surface area contributed by atoms with E-state index >= 15 is 0 Å². The summed E-state index contributed by atoms with van der Waals surface area (Å²) in [5, 5.41) is 0.678. The van der Waals surface area contributed by atoms with Gasteiger partial charge in [-0.25, -0.2) is 4.79 Å². The Bertz CT molecular complexity index is 655. The smallest absolute Gasteiger partial charge is 0.337 e. The Balaban J connectivity index is 1.99. The Morgan fingerprint density at radius 3 is 2.70 bits per heavy atom. The van der Waals surface area contributed by atoms with Gasteiger partial charge in [0, 0.05) is 10.7 Å². The van der Waals surface area contributed by atoms with Crippen LogP contribution in [0.4, 0.5) is 11.4 Å². The van der Waals surface area contributed by atoms with E-state index in [2.05, 4.69) is 0 Å². The lowest BCUT2D eigenvalue weighted by atomic mass is 10.1. The van der Waals surface area contributed by atoms with E-state index in [4.69, 9.17) is 21.1 Å². The number of nitrogens with zero attached hydrogens (tertiary/aromatic N) is 1. The lowest BCUT2D eigenvalue weighted by Gasteiger charge is -2.17. The van der Waals surface area contributed by atoms with Crippen LogP contribution in [0.2, 0.25) is 5.02 Å². The Morgan fingerprint density at radius 1 is 1.25 bits per heavy atom. The number of esters is 1. The average molecular weight is 290 g/mol. The summed E-state index contributed by atoms with van der Waals surface area (Å²) in [6, 6.07) is 12.7. The van der Waals surface area contributed by atoms with Crippen molar-refractivity contribution < 1.29 is 14.3 Å². The van der Waals surface area contributed by atoms with Crippen LogP contribution >= 0.6 is 11.6 Å². The molecule has 3 rings (SSSR count). The highest BCUT2D eigenvalue weighted by Crippen LogP contribution is 2.39. The van der Waals surface area contributed by atoms with E-state index in [1.54, 1.807) is 18.2 Å². The number of ether oxygens (including phenoxy) is 2. The normalized spacial score (nSPS) is 12.8. The largest absolute Gasteiger partial charge is 0.471 e. The van der Waals surface area contributed by atoms with Crippen LogP contribution < -0.4 is 9.64 Å². The summed E-state index contributed by atoms with van der Waals surface area (Å²) in [4.78, 5) is 13.6. The number of hydrogen-bond acceptors (Lipinski definition) is 4. The van der Waals surface area contributed by atoms with E-state index in [0.717, 1.165) is 17.1 Å². The van der Waals surface area contributed by atoms with Gasteiger partial charge in [-0.3, -0.25) is 0 Å². The van der Waals surface area contributed by atoms with Crippen molar-refractivity contribution in [2.45, 2.75) is 0 Å². The Labute approximate surface area is 121 Å². The monoisotopic (exact) mass is 289 g/mol. The van der Waals surface area contributed by atoms with Crippen molar-refractivity contribution in [3.8, 4) is 5.75 Å². The molecule has 1 aliphatic heterocycles. The van der Waals surface area contributed by atoms with Crippen LogP contribution in [0.15, 0.2) is 42.5 Å². The Hall–Kier alpha value is -2.20. The number of carbonyl (C=O) groups excluding carboxylic acids is 1. The molecule has 0 radical (unpaired) electrons. The third-order valence-corrected chi connectivity index (χ3v) is 3.41. The summed E-state index contributed by atoms with van der Waals surface area (Å²) in [5.74, 6) is 0.378. The van der Waals surface area contributed by atoms with Crippen LogP contribution in [-0.4, -0.2) is 19.8 Å². The fourth-order valence-electron chi connectivity index (χ4n) is 2.13. The van der Waals surface area contributed by atoms with Gasteiger partial charge in [-0.1, -0.05) is 11.6 Å². The zero-order chi connectivity index (χ0) is 14.1. The predicted molar refractivity (Wildman–Crippen MR) is 76.9 cm³/mol. The van der Waals surface area contributed by atoms with Gasteiger partial charge >= 0.3 is 5.97 Å². The number of methoxy groups -OCH3 is 1. The molecular weight excluding hydrogens is 278 g/mol. The molecule has 0 unspecified atom stereocenters. The van der Waals surface area contributed by atoms with Gasteiger partial charge in [0.2, 0.25) is 0 Å². The van der Waals surface area contributed by atoms with E-state index < -0.39 is 0 Å². The molecule has 20 heavy (non-hydrogen) atoms. The van der Waals surface area contributed by atoms with E-state index in [-0.39, 0.29) is 5.97 Å².